The largest absolute Gasteiger partial charge is 0.493 e. The van der Waals surface area contributed by atoms with Gasteiger partial charge in [-0.3, -0.25) is 4.90 Å². The number of oxazole rings is 1. The first-order chi connectivity index (χ1) is 13.0. The van der Waals surface area contributed by atoms with Crippen LogP contribution in [0, 0.1) is 6.92 Å². The SMILES string of the molecule is CC[C@]1(O)CCCN(Cc2nc(-c3cc(OC)c4c(c3)OCO4)oc2C)C1. The zero-order chi connectivity index (χ0) is 19.0. The van der Waals surface area contributed by atoms with Gasteiger partial charge in [0, 0.05) is 18.7 Å². The number of likely N-dealkylation sites (tertiary alicyclic amines) is 1. The molecule has 0 amide bonds. The number of hydrogen-bond donors (Lipinski definition) is 1. The smallest absolute Gasteiger partial charge is 0.231 e. The van der Waals surface area contributed by atoms with Crippen LogP contribution in [0.4, 0.5) is 0 Å². The number of benzene rings is 1. The maximum absolute atomic E-state index is 10.6. The zero-order valence-corrected chi connectivity index (χ0v) is 16.1. The van der Waals surface area contributed by atoms with Crippen molar-refractivity contribution in [1.29, 1.82) is 0 Å². The fourth-order valence-electron chi connectivity index (χ4n) is 3.79. The Hall–Kier alpha value is -2.25. The number of piperidine rings is 1. The molecule has 3 heterocycles. The lowest BCUT2D eigenvalue weighted by Crippen LogP contribution is -2.47. The van der Waals surface area contributed by atoms with Crippen molar-refractivity contribution >= 4 is 0 Å². The molecule has 146 valence electrons. The zero-order valence-electron chi connectivity index (χ0n) is 16.1. The molecule has 0 bridgehead atoms. The Kier molecular flexibility index (Phi) is 4.74. The first-order valence-electron chi connectivity index (χ1n) is 9.40. The molecule has 2 aromatic rings. The van der Waals surface area contributed by atoms with Crippen LogP contribution in [0.15, 0.2) is 16.5 Å². The van der Waals surface area contributed by atoms with Gasteiger partial charge < -0.3 is 23.7 Å². The van der Waals surface area contributed by atoms with Crippen LogP contribution in [0.1, 0.15) is 37.6 Å². The van der Waals surface area contributed by atoms with E-state index >= 15 is 0 Å². The van der Waals surface area contributed by atoms with E-state index in [1.54, 1.807) is 7.11 Å². The van der Waals surface area contributed by atoms with E-state index in [-0.39, 0.29) is 6.79 Å². The highest BCUT2D eigenvalue weighted by atomic mass is 16.7. The quantitative estimate of drug-likeness (QED) is 0.861. The van der Waals surface area contributed by atoms with Crippen molar-refractivity contribution in [2.24, 2.45) is 0 Å². The topological polar surface area (TPSA) is 77.2 Å². The van der Waals surface area contributed by atoms with E-state index in [4.69, 9.17) is 23.6 Å². The lowest BCUT2D eigenvalue weighted by atomic mass is 9.90. The Morgan fingerprint density at radius 2 is 2.19 bits per heavy atom. The van der Waals surface area contributed by atoms with E-state index in [0.717, 1.165) is 42.8 Å². The Labute approximate surface area is 158 Å². The molecule has 0 radical (unpaired) electrons. The summed E-state index contributed by atoms with van der Waals surface area (Å²) in [6, 6.07) is 3.70. The molecule has 1 N–H and O–H groups in total. The average molecular weight is 374 g/mol. The first-order valence-corrected chi connectivity index (χ1v) is 9.40. The number of nitrogens with zero attached hydrogens (tertiary/aromatic N) is 2. The summed E-state index contributed by atoms with van der Waals surface area (Å²) in [4.78, 5) is 6.96. The van der Waals surface area contributed by atoms with Crippen LogP contribution >= 0.6 is 0 Å². The second kappa shape index (κ2) is 7.05. The highest BCUT2D eigenvalue weighted by molar-refractivity contribution is 5.66. The average Bonchev–Trinajstić information content (AvgIpc) is 3.28. The molecule has 1 aromatic carbocycles. The van der Waals surface area contributed by atoms with Crippen molar-refractivity contribution in [3.63, 3.8) is 0 Å². The van der Waals surface area contributed by atoms with E-state index in [0.29, 0.717) is 36.2 Å². The standard InChI is InChI=1S/C20H26N2O5/c1-4-20(23)6-5-7-22(11-20)10-15-13(2)27-19(21-15)14-8-16(24-3)18-17(9-14)25-12-26-18/h8-9,23H,4-7,10-12H2,1-3H3/t20-/m0/s1. The normalized spacial score (nSPS) is 22.2. The van der Waals surface area contributed by atoms with Gasteiger partial charge in [0.2, 0.25) is 18.4 Å². The molecule has 1 atom stereocenters. The van der Waals surface area contributed by atoms with Crippen LogP contribution in [-0.4, -0.2) is 47.6 Å². The third-order valence-electron chi connectivity index (χ3n) is 5.46. The summed E-state index contributed by atoms with van der Waals surface area (Å²) in [5.74, 6) is 3.15. The Morgan fingerprint density at radius 3 is 2.96 bits per heavy atom. The molecule has 7 nitrogen and oxygen atoms in total. The molecule has 7 heteroatoms. The molecule has 0 unspecified atom stereocenters. The molecule has 2 aliphatic rings. The van der Waals surface area contributed by atoms with Crippen molar-refractivity contribution in [1.82, 2.24) is 9.88 Å². The predicted molar refractivity (Wildman–Crippen MR) is 99.1 cm³/mol. The van der Waals surface area contributed by atoms with E-state index in [9.17, 15) is 5.11 Å². The predicted octanol–water partition coefficient (Wildman–Crippen LogP) is 3.12. The second-order valence-corrected chi connectivity index (χ2v) is 7.33. The number of ether oxygens (including phenoxy) is 3. The molecular weight excluding hydrogens is 348 g/mol. The molecule has 1 fully saturated rings. The molecule has 1 saturated heterocycles. The number of methoxy groups -OCH3 is 1. The minimum absolute atomic E-state index is 0.181. The van der Waals surface area contributed by atoms with Crippen molar-refractivity contribution in [2.45, 2.75) is 45.3 Å². The van der Waals surface area contributed by atoms with Crippen molar-refractivity contribution in [3.8, 4) is 28.7 Å². The highest BCUT2D eigenvalue weighted by Crippen LogP contribution is 2.44. The Morgan fingerprint density at radius 1 is 1.33 bits per heavy atom. The van der Waals surface area contributed by atoms with Gasteiger partial charge in [-0.15, -0.1) is 0 Å². The number of hydrogen-bond acceptors (Lipinski definition) is 7. The number of aryl methyl sites for hydroxylation is 1. The number of aromatic nitrogens is 1. The maximum Gasteiger partial charge on any atom is 0.231 e. The van der Waals surface area contributed by atoms with E-state index < -0.39 is 5.60 Å². The number of fused-ring (bicyclic) bond motifs is 1. The summed E-state index contributed by atoms with van der Waals surface area (Å²) in [5.41, 5.74) is 1.08. The van der Waals surface area contributed by atoms with Gasteiger partial charge in [0.05, 0.1) is 18.4 Å². The minimum atomic E-state index is -0.594. The van der Waals surface area contributed by atoms with Gasteiger partial charge in [0.15, 0.2) is 11.5 Å². The molecule has 0 saturated carbocycles. The molecule has 4 rings (SSSR count). The molecule has 1 aromatic heterocycles. The lowest BCUT2D eigenvalue weighted by Gasteiger charge is -2.38. The van der Waals surface area contributed by atoms with E-state index in [1.165, 1.54) is 0 Å². The Bertz CT molecular complexity index is 834. The fraction of sp³-hybridized carbons (Fsp3) is 0.550. The van der Waals surface area contributed by atoms with Gasteiger partial charge in [0.25, 0.3) is 0 Å². The molecule has 0 aliphatic carbocycles. The first kappa shape index (κ1) is 18.1. The maximum atomic E-state index is 10.6. The Balaban J connectivity index is 1.57. The number of β-amino-alcohol motifs (C(OH)–C–C–N with tert-alkyl or cyclic N) is 1. The molecule has 0 spiro atoms. The van der Waals surface area contributed by atoms with E-state index in [1.807, 2.05) is 26.0 Å². The summed E-state index contributed by atoms with van der Waals surface area (Å²) >= 11 is 0. The van der Waals surface area contributed by atoms with Crippen LogP contribution in [0.2, 0.25) is 0 Å². The third kappa shape index (κ3) is 3.49. The van der Waals surface area contributed by atoms with Gasteiger partial charge in [-0.05, 0) is 44.9 Å². The summed E-state index contributed by atoms with van der Waals surface area (Å²) in [6.45, 7) is 6.44. The van der Waals surface area contributed by atoms with Gasteiger partial charge >= 0.3 is 0 Å². The van der Waals surface area contributed by atoms with Crippen LogP contribution in [-0.2, 0) is 6.54 Å². The molecule has 27 heavy (non-hydrogen) atoms. The molecular formula is C20H26N2O5. The number of aliphatic hydroxyl groups is 1. The van der Waals surface area contributed by atoms with Crippen LogP contribution < -0.4 is 14.2 Å². The van der Waals surface area contributed by atoms with Crippen LogP contribution in [0.3, 0.4) is 0 Å². The summed E-state index contributed by atoms with van der Waals surface area (Å²) in [6.07, 6.45) is 2.62. The highest BCUT2D eigenvalue weighted by Gasteiger charge is 2.32. The van der Waals surface area contributed by atoms with Gasteiger partial charge in [0.1, 0.15) is 5.76 Å². The van der Waals surface area contributed by atoms with Gasteiger partial charge in [-0.1, -0.05) is 6.92 Å². The van der Waals surface area contributed by atoms with Gasteiger partial charge in [-0.2, -0.15) is 0 Å². The van der Waals surface area contributed by atoms with Crippen LogP contribution in [0.5, 0.6) is 17.2 Å². The third-order valence-corrected chi connectivity index (χ3v) is 5.46. The summed E-state index contributed by atoms with van der Waals surface area (Å²) in [7, 11) is 1.60. The van der Waals surface area contributed by atoms with Gasteiger partial charge in [-0.25, -0.2) is 4.98 Å². The second-order valence-electron chi connectivity index (χ2n) is 7.33. The van der Waals surface area contributed by atoms with Crippen molar-refractivity contribution in [3.05, 3.63) is 23.6 Å². The monoisotopic (exact) mass is 374 g/mol. The van der Waals surface area contributed by atoms with Crippen molar-refractivity contribution in [2.75, 3.05) is 27.0 Å². The van der Waals surface area contributed by atoms with E-state index in [2.05, 4.69) is 4.90 Å². The minimum Gasteiger partial charge on any atom is -0.493 e. The lowest BCUT2D eigenvalue weighted by molar-refractivity contribution is -0.0361. The van der Waals surface area contributed by atoms with Crippen LogP contribution in [0.25, 0.3) is 11.5 Å². The summed E-state index contributed by atoms with van der Waals surface area (Å²) < 4.78 is 22.3. The summed E-state index contributed by atoms with van der Waals surface area (Å²) in [5, 5.41) is 10.6. The molecule has 2 aliphatic heterocycles. The van der Waals surface area contributed by atoms with Crippen molar-refractivity contribution < 1.29 is 23.7 Å². The fourth-order valence-corrected chi connectivity index (χ4v) is 3.79. The number of rotatable bonds is 5.